The molecule has 1 N–H and O–H groups in total. The first kappa shape index (κ1) is 13.4. The van der Waals surface area contributed by atoms with Gasteiger partial charge in [-0.2, -0.15) is 0 Å². The molecule has 1 fully saturated rings. The van der Waals surface area contributed by atoms with E-state index in [4.69, 9.17) is 5.11 Å². The fraction of sp³-hybridized carbons (Fsp3) is 0.909. The summed E-state index contributed by atoms with van der Waals surface area (Å²) in [5.74, 6) is 0.204. The van der Waals surface area contributed by atoms with Crippen LogP contribution >= 0.6 is 0 Å². The minimum Gasteiger partial charge on any atom is -0.395 e. The summed E-state index contributed by atoms with van der Waals surface area (Å²) in [6.07, 6.45) is 0.999. The first-order valence-corrected chi connectivity index (χ1v) is 5.89. The van der Waals surface area contributed by atoms with Gasteiger partial charge in [0.2, 0.25) is 5.91 Å². The van der Waals surface area contributed by atoms with Crippen LogP contribution < -0.4 is 0 Å². The van der Waals surface area contributed by atoms with Crippen LogP contribution in [0.25, 0.3) is 0 Å². The Morgan fingerprint density at radius 1 is 1.25 bits per heavy atom. The third kappa shape index (κ3) is 4.47. The molecular weight excluding hydrogens is 206 g/mol. The first-order chi connectivity index (χ1) is 7.63. The van der Waals surface area contributed by atoms with Crippen LogP contribution in [-0.4, -0.2) is 85.7 Å². The fourth-order valence-corrected chi connectivity index (χ4v) is 1.96. The van der Waals surface area contributed by atoms with Crippen molar-refractivity contribution in [1.82, 2.24) is 14.7 Å². The minimum absolute atomic E-state index is 0.200. The summed E-state index contributed by atoms with van der Waals surface area (Å²) in [5, 5.41) is 8.88. The van der Waals surface area contributed by atoms with Gasteiger partial charge in [-0.05, 0) is 27.1 Å². The molecule has 1 aliphatic rings. The van der Waals surface area contributed by atoms with Crippen LogP contribution in [0.3, 0.4) is 0 Å². The molecule has 1 heterocycles. The van der Waals surface area contributed by atoms with E-state index in [0.29, 0.717) is 6.54 Å². The molecule has 5 heteroatoms. The lowest BCUT2D eigenvalue weighted by atomic mass is 10.3. The average Bonchev–Trinajstić information content (AvgIpc) is 2.43. The van der Waals surface area contributed by atoms with Gasteiger partial charge in [-0.15, -0.1) is 0 Å². The topological polar surface area (TPSA) is 47.0 Å². The molecule has 0 aliphatic carbocycles. The summed E-state index contributed by atoms with van der Waals surface area (Å²) in [6.45, 7) is 4.88. The number of carbonyl (C=O) groups excluding carboxylic acids is 1. The number of aliphatic hydroxyl groups is 1. The molecule has 0 bridgehead atoms. The van der Waals surface area contributed by atoms with Crippen molar-refractivity contribution in [3.05, 3.63) is 0 Å². The highest BCUT2D eigenvalue weighted by atomic mass is 16.3. The molecular formula is C11H23N3O2. The molecule has 1 rings (SSSR count). The van der Waals surface area contributed by atoms with Gasteiger partial charge in [0.1, 0.15) is 0 Å². The van der Waals surface area contributed by atoms with E-state index >= 15 is 0 Å². The van der Waals surface area contributed by atoms with Crippen LogP contribution in [0.1, 0.15) is 6.42 Å². The highest BCUT2D eigenvalue weighted by Crippen LogP contribution is 2.03. The summed E-state index contributed by atoms with van der Waals surface area (Å²) < 4.78 is 0. The molecule has 5 nitrogen and oxygen atoms in total. The molecule has 1 amide bonds. The van der Waals surface area contributed by atoms with Gasteiger partial charge in [-0.1, -0.05) is 0 Å². The number of amides is 1. The van der Waals surface area contributed by atoms with Gasteiger partial charge >= 0.3 is 0 Å². The maximum atomic E-state index is 11.8. The van der Waals surface area contributed by atoms with Crippen LogP contribution in [-0.2, 0) is 4.79 Å². The van der Waals surface area contributed by atoms with Crippen molar-refractivity contribution >= 4 is 5.91 Å². The smallest absolute Gasteiger partial charge is 0.236 e. The Balaban J connectivity index is 2.37. The van der Waals surface area contributed by atoms with Crippen LogP contribution in [0.5, 0.6) is 0 Å². The zero-order chi connectivity index (χ0) is 12.0. The zero-order valence-corrected chi connectivity index (χ0v) is 10.4. The largest absolute Gasteiger partial charge is 0.395 e. The molecule has 0 spiro atoms. The van der Waals surface area contributed by atoms with Gasteiger partial charge in [0, 0.05) is 26.2 Å². The van der Waals surface area contributed by atoms with E-state index in [1.165, 1.54) is 0 Å². The van der Waals surface area contributed by atoms with Crippen LogP contribution in [0, 0.1) is 0 Å². The van der Waals surface area contributed by atoms with E-state index in [2.05, 4.69) is 4.90 Å². The van der Waals surface area contributed by atoms with Crippen LogP contribution in [0.4, 0.5) is 0 Å². The molecule has 0 saturated carbocycles. The maximum absolute atomic E-state index is 11.8. The van der Waals surface area contributed by atoms with Crippen molar-refractivity contribution < 1.29 is 9.90 Å². The highest BCUT2D eigenvalue weighted by Gasteiger charge is 2.18. The standard InChI is InChI=1S/C11H23N3O2/c1-12(2)10-11(16)14-5-3-4-13(6-7-14)8-9-15/h15H,3-10H2,1-2H3. The average molecular weight is 229 g/mol. The second-order valence-electron chi connectivity index (χ2n) is 4.54. The predicted molar refractivity (Wildman–Crippen MR) is 63.3 cm³/mol. The summed E-state index contributed by atoms with van der Waals surface area (Å²) in [6, 6.07) is 0. The van der Waals surface area contributed by atoms with E-state index in [1.807, 2.05) is 23.9 Å². The third-order valence-corrected chi connectivity index (χ3v) is 2.81. The summed E-state index contributed by atoms with van der Waals surface area (Å²) in [7, 11) is 3.82. The highest BCUT2D eigenvalue weighted by molar-refractivity contribution is 5.78. The Labute approximate surface area is 97.6 Å². The van der Waals surface area contributed by atoms with Crippen LogP contribution in [0.15, 0.2) is 0 Å². The van der Waals surface area contributed by atoms with E-state index in [9.17, 15) is 4.79 Å². The Kier molecular flexibility index (Phi) is 5.73. The van der Waals surface area contributed by atoms with Crippen molar-refractivity contribution in [2.75, 3.05) is 60.0 Å². The van der Waals surface area contributed by atoms with Gasteiger partial charge in [0.25, 0.3) is 0 Å². The molecule has 1 saturated heterocycles. The summed E-state index contributed by atoms with van der Waals surface area (Å²) in [5.41, 5.74) is 0. The predicted octanol–water partition coefficient (Wildman–Crippen LogP) is -0.925. The van der Waals surface area contributed by atoms with Crippen molar-refractivity contribution in [2.45, 2.75) is 6.42 Å². The van der Waals surface area contributed by atoms with E-state index < -0.39 is 0 Å². The molecule has 1 aliphatic heterocycles. The fourth-order valence-electron chi connectivity index (χ4n) is 1.96. The Morgan fingerprint density at radius 2 is 2.00 bits per heavy atom. The lowest BCUT2D eigenvalue weighted by Gasteiger charge is -2.23. The number of likely N-dealkylation sites (N-methyl/N-ethyl adjacent to an activating group) is 1. The molecule has 94 valence electrons. The molecule has 0 unspecified atom stereocenters. The summed E-state index contributed by atoms with van der Waals surface area (Å²) >= 11 is 0. The number of aliphatic hydroxyl groups excluding tert-OH is 1. The van der Waals surface area contributed by atoms with E-state index in [1.54, 1.807) is 0 Å². The normalized spacial score (nSPS) is 18.9. The van der Waals surface area contributed by atoms with Crippen molar-refractivity contribution in [2.24, 2.45) is 0 Å². The monoisotopic (exact) mass is 229 g/mol. The van der Waals surface area contributed by atoms with Gasteiger partial charge in [0.15, 0.2) is 0 Å². The van der Waals surface area contributed by atoms with Gasteiger partial charge < -0.3 is 14.9 Å². The van der Waals surface area contributed by atoms with E-state index in [0.717, 1.165) is 39.1 Å². The molecule has 0 radical (unpaired) electrons. The van der Waals surface area contributed by atoms with E-state index in [-0.39, 0.29) is 12.5 Å². The Bertz CT molecular complexity index is 221. The molecule has 0 aromatic rings. The number of hydrogen-bond donors (Lipinski definition) is 1. The lowest BCUT2D eigenvalue weighted by molar-refractivity contribution is -0.131. The quantitative estimate of drug-likeness (QED) is 0.677. The van der Waals surface area contributed by atoms with Gasteiger partial charge in [-0.3, -0.25) is 9.69 Å². The zero-order valence-electron chi connectivity index (χ0n) is 10.4. The summed E-state index contributed by atoms with van der Waals surface area (Å²) in [4.78, 5) is 17.9. The van der Waals surface area contributed by atoms with Crippen LogP contribution in [0.2, 0.25) is 0 Å². The number of nitrogens with zero attached hydrogens (tertiary/aromatic N) is 3. The van der Waals surface area contributed by atoms with Crippen molar-refractivity contribution in [3.8, 4) is 0 Å². The maximum Gasteiger partial charge on any atom is 0.236 e. The second kappa shape index (κ2) is 6.83. The van der Waals surface area contributed by atoms with Gasteiger partial charge in [-0.25, -0.2) is 0 Å². The molecule has 0 aromatic carbocycles. The Hall–Kier alpha value is -0.650. The second-order valence-corrected chi connectivity index (χ2v) is 4.54. The number of β-amino-alcohol motifs (C(OH)–C–C–N with tert-alkyl or cyclic N) is 1. The number of hydrogen-bond acceptors (Lipinski definition) is 4. The molecule has 0 aromatic heterocycles. The molecule has 16 heavy (non-hydrogen) atoms. The molecule has 0 atom stereocenters. The third-order valence-electron chi connectivity index (χ3n) is 2.81. The minimum atomic E-state index is 0.200. The SMILES string of the molecule is CN(C)CC(=O)N1CCCN(CCO)CC1. The number of carbonyl (C=O) groups is 1. The Morgan fingerprint density at radius 3 is 2.62 bits per heavy atom. The number of rotatable bonds is 4. The van der Waals surface area contributed by atoms with Crippen molar-refractivity contribution in [1.29, 1.82) is 0 Å². The van der Waals surface area contributed by atoms with Gasteiger partial charge in [0.05, 0.1) is 13.2 Å². The van der Waals surface area contributed by atoms with Crippen molar-refractivity contribution in [3.63, 3.8) is 0 Å². The first-order valence-electron chi connectivity index (χ1n) is 5.89. The lowest BCUT2D eigenvalue weighted by Crippen LogP contribution is -2.40.